The van der Waals surface area contributed by atoms with Crippen LogP contribution in [-0.2, 0) is 19.0 Å². The zero-order valence-electron chi connectivity index (χ0n) is 11.2. The zero-order valence-corrected chi connectivity index (χ0v) is 11.2. The van der Waals surface area contributed by atoms with Crippen LogP contribution in [0.15, 0.2) is 12.4 Å². The van der Waals surface area contributed by atoms with Gasteiger partial charge in [-0.3, -0.25) is 4.98 Å². The Morgan fingerprint density at radius 1 is 1.35 bits per heavy atom. The molecule has 1 fully saturated rings. The third-order valence-corrected chi connectivity index (χ3v) is 2.91. The molecule has 1 atom stereocenters. The molecule has 1 unspecified atom stereocenters. The maximum absolute atomic E-state index is 11.7. The number of methoxy groups -OCH3 is 2. The fraction of sp³-hybridized carbons (Fsp3) is 0.500. The van der Waals surface area contributed by atoms with Crippen molar-refractivity contribution in [1.82, 2.24) is 9.97 Å². The second kappa shape index (κ2) is 6.29. The topological polar surface area (TPSA) is 90.8 Å². The predicted octanol–water partition coefficient (Wildman–Crippen LogP) is -0.359. The van der Waals surface area contributed by atoms with Gasteiger partial charge >= 0.3 is 11.9 Å². The van der Waals surface area contributed by atoms with Crippen LogP contribution >= 0.6 is 0 Å². The standard InChI is InChI=1S/C12H15N3O5/c1-18-11(16)8-5-13-6-10(14-8)15-3-4-20-7-9(15)12(17)19-2/h5-6,9H,3-4,7H2,1-2H3. The number of nitrogens with zero attached hydrogens (tertiary/aromatic N) is 3. The quantitative estimate of drug-likeness (QED) is 0.694. The first kappa shape index (κ1) is 14.2. The maximum Gasteiger partial charge on any atom is 0.358 e. The normalized spacial score (nSPS) is 18.5. The fourth-order valence-electron chi connectivity index (χ4n) is 1.91. The van der Waals surface area contributed by atoms with E-state index < -0.39 is 18.0 Å². The van der Waals surface area contributed by atoms with Crippen LogP contribution in [0.4, 0.5) is 5.82 Å². The van der Waals surface area contributed by atoms with Gasteiger partial charge in [0.15, 0.2) is 11.7 Å². The van der Waals surface area contributed by atoms with E-state index in [1.807, 2.05) is 0 Å². The molecule has 108 valence electrons. The molecule has 1 aliphatic rings. The van der Waals surface area contributed by atoms with E-state index in [1.54, 1.807) is 4.90 Å². The van der Waals surface area contributed by atoms with Crippen molar-refractivity contribution in [3.8, 4) is 0 Å². The van der Waals surface area contributed by atoms with Crippen LogP contribution in [-0.4, -0.2) is 61.9 Å². The van der Waals surface area contributed by atoms with Crippen molar-refractivity contribution in [3.05, 3.63) is 18.1 Å². The number of anilines is 1. The number of carbonyl (C=O) groups is 2. The van der Waals surface area contributed by atoms with E-state index in [-0.39, 0.29) is 12.3 Å². The van der Waals surface area contributed by atoms with Gasteiger partial charge in [-0.2, -0.15) is 0 Å². The molecule has 1 saturated heterocycles. The minimum Gasteiger partial charge on any atom is -0.467 e. The summed E-state index contributed by atoms with van der Waals surface area (Å²) in [7, 11) is 2.58. The summed E-state index contributed by atoms with van der Waals surface area (Å²) in [5, 5.41) is 0. The van der Waals surface area contributed by atoms with Gasteiger partial charge in [-0.1, -0.05) is 0 Å². The highest BCUT2D eigenvalue weighted by molar-refractivity contribution is 5.87. The third-order valence-electron chi connectivity index (χ3n) is 2.91. The Balaban J connectivity index is 2.28. The summed E-state index contributed by atoms with van der Waals surface area (Å²) >= 11 is 0. The Labute approximate surface area is 115 Å². The second-order valence-corrected chi connectivity index (χ2v) is 4.06. The average Bonchev–Trinajstić information content (AvgIpc) is 2.53. The summed E-state index contributed by atoms with van der Waals surface area (Å²) in [6, 6.07) is -0.601. The minimum atomic E-state index is -0.601. The number of aromatic nitrogens is 2. The van der Waals surface area contributed by atoms with E-state index in [9.17, 15) is 9.59 Å². The number of hydrogen-bond donors (Lipinski definition) is 0. The summed E-state index contributed by atoms with van der Waals surface area (Å²) < 4.78 is 14.6. The summed E-state index contributed by atoms with van der Waals surface area (Å²) in [6.07, 6.45) is 2.79. The first-order valence-corrected chi connectivity index (χ1v) is 6.00. The molecule has 8 heteroatoms. The predicted molar refractivity (Wildman–Crippen MR) is 67.3 cm³/mol. The van der Waals surface area contributed by atoms with Crippen LogP contribution in [0.2, 0.25) is 0 Å². The summed E-state index contributed by atoms with van der Waals surface area (Å²) in [5.74, 6) is -0.594. The molecule has 0 saturated carbocycles. The number of esters is 2. The molecule has 2 heterocycles. The van der Waals surface area contributed by atoms with Crippen molar-refractivity contribution in [2.24, 2.45) is 0 Å². The lowest BCUT2D eigenvalue weighted by atomic mass is 10.2. The Kier molecular flexibility index (Phi) is 4.46. The van der Waals surface area contributed by atoms with E-state index in [2.05, 4.69) is 14.7 Å². The highest BCUT2D eigenvalue weighted by Gasteiger charge is 2.31. The average molecular weight is 281 g/mol. The number of carbonyl (C=O) groups excluding carboxylic acids is 2. The zero-order chi connectivity index (χ0) is 14.5. The Hall–Kier alpha value is -2.22. The van der Waals surface area contributed by atoms with Crippen molar-refractivity contribution in [3.63, 3.8) is 0 Å². The lowest BCUT2D eigenvalue weighted by Gasteiger charge is -2.34. The third kappa shape index (κ3) is 2.85. The number of ether oxygens (including phenoxy) is 3. The smallest absolute Gasteiger partial charge is 0.358 e. The molecule has 0 radical (unpaired) electrons. The minimum absolute atomic E-state index is 0.0834. The van der Waals surface area contributed by atoms with Gasteiger partial charge in [-0.05, 0) is 0 Å². The van der Waals surface area contributed by atoms with E-state index in [0.717, 1.165) is 0 Å². The molecule has 0 N–H and O–H groups in total. The SMILES string of the molecule is COC(=O)c1cncc(N2CCOCC2C(=O)OC)n1. The van der Waals surface area contributed by atoms with Crippen LogP contribution in [0.1, 0.15) is 10.5 Å². The molecular formula is C12H15N3O5. The number of morpholine rings is 1. The molecular weight excluding hydrogens is 266 g/mol. The van der Waals surface area contributed by atoms with Crippen molar-refractivity contribution in [1.29, 1.82) is 0 Å². The molecule has 1 aromatic rings. The van der Waals surface area contributed by atoms with E-state index in [4.69, 9.17) is 9.47 Å². The molecule has 0 aromatic carbocycles. The molecule has 1 aromatic heterocycles. The Morgan fingerprint density at radius 3 is 2.85 bits per heavy atom. The van der Waals surface area contributed by atoms with Gasteiger partial charge in [-0.25, -0.2) is 14.6 Å². The Bertz CT molecular complexity index is 508. The van der Waals surface area contributed by atoms with Crippen LogP contribution in [0.25, 0.3) is 0 Å². The molecule has 0 aliphatic carbocycles. The highest BCUT2D eigenvalue weighted by atomic mass is 16.5. The summed E-state index contributed by atoms with van der Waals surface area (Å²) in [4.78, 5) is 33.0. The van der Waals surface area contributed by atoms with Crippen molar-refractivity contribution >= 4 is 17.8 Å². The van der Waals surface area contributed by atoms with Crippen LogP contribution in [0.5, 0.6) is 0 Å². The van der Waals surface area contributed by atoms with Crippen LogP contribution in [0, 0.1) is 0 Å². The number of hydrogen-bond acceptors (Lipinski definition) is 8. The molecule has 20 heavy (non-hydrogen) atoms. The van der Waals surface area contributed by atoms with E-state index in [1.165, 1.54) is 26.6 Å². The second-order valence-electron chi connectivity index (χ2n) is 4.06. The Morgan fingerprint density at radius 2 is 2.15 bits per heavy atom. The first-order chi connectivity index (χ1) is 9.67. The summed E-state index contributed by atoms with van der Waals surface area (Å²) in [6.45, 7) is 1.12. The van der Waals surface area contributed by atoms with E-state index >= 15 is 0 Å². The van der Waals surface area contributed by atoms with Gasteiger partial charge in [0, 0.05) is 6.54 Å². The lowest BCUT2D eigenvalue weighted by Crippen LogP contribution is -2.51. The molecule has 0 amide bonds. The van der Waals surface area contributed by atoms with Crippen LogP contribution < -0.4 is 4.90 Å². The summed E-state index contributed by atoms with van der Waals surface area (Å²) in [5.41, 5.74) is 0.0834. The van der Waals surface area contributed by atoms with Crippen molar-refractivity contribution < 1.29 is 23.8 Å². The van der Waals surface area contributed by atoms with Gasteiger partial charge in [0.1, 0.15) is 5.82 Å². The molecule has 2 rings (SSSR count). The molecule has 8 nitrogen and oxygen atoms in total. The van der Waals surface area contributed by atoms with Gasteiger partial charge < -0.3 is 19.1 Å². The van der Waals surface area contributed by atoms with Crippen molar-refractivity contribution in [2.75, 3.05) is 38.9 Å². The molecule has 1 aliphatic heterocycles. The monoisotopic (exact) mass is 281 g/mol. The fourth-order valence-corrected chi connectivity index (χ4v) is 1.91. The van der Waals surface area contributed by atoms with Gasteiger partial charge in [0.05, 0.1) is 39.8 Å². The van der Waals surface area contributed by atoms with E-state index in [0.29, 0.717) is 19.0 Å². The lowest BCUT2D eigenvalue weighted by molar-refractivity contribution is -0.144. The number of rotatable bonds is 3. The first-order valence-electron chi connectivity index (χ1n) is 6.00. The highest BCUT2D eigenvalue weighted by Crippen LogP contribution is 2.17. The molecule has 0 bridgehead atoms. The van der Waals surface area contributed by atoms with Gasteiger partial charge in [0.25, 0.3) is 0 Å². The van der Waals surface area contributed by atoms with Crippen molar-refractivity contribution in [2.45, 2.75) is 6.04 Å². The van der Waals surface area contributed by atoms with Gasteiger partial charge in [0.2, 0.25) is 0 Å². The van der Waals surface area contributed by atoms with Gasteiger partial charge in [-0.15, -0.1) is 0 Å². The maximum atomic E-state index is 11.7. The largest absolute Gasteiger partial charge is 0.467 e. The molecule has 0 spiro atoms. The van der Waals surface area contributed by atoms with Crippen LogP contribution in [0.3, 0.4) is 0 Å².